The Bertz CT molecular complexity index is 1290. The maximum absolute atomic E-state index is 11.6. The monoisotopic (exact) mass is 516 g/mol. The van der Waals surface area contributed by atoms with E-state index in [4.69, 9.17) is 9.26 Å². The third-order valence-electron chi connectivity index (χ3n) is 5.82. The van der Waals surface area contributed by atoms with E-state index in [9.17, 15) is 13.5 Å². The first-order valence-electron chi connectivity index (χ1n) is 12.2. The van der Waals surface area contributed by atoms with Crippen molar-refractivity contribution in [2.45, 2.75) is 60.5 Å². The van der Waals surface area contributed by atoms with Crippen LogP contribution in [-0.4, -0.2) is 53.7 Å². The van der Waals surface area contributed by atoms with Crippen molar-refractivity contribution in [1.29, 1.82) is 0 Å². The second-order valence-electron chi connectivity index (χ2n) is 9.37. The fourth-order valence-electron chi connectivity index (χ4n) is 3.81. The topological polar surface area (TPSA) is 127 Å². The Balaban J connectivity index is 1.76. The molecule has 2 N–H and O–H groups in total. The number of hydrogen-bond donors (Lipinski definition) is 2. The van der Waals surface area contributed by atoms with Gasteiger partial charge in [0, 0.05) is 18.3 Å². The highest BCUT2D eigenvalue weighted by atomic mass is 32.2. The van der Waals surface area contributed by atoms with Crippen LogP contribution in [0.1, 0.15) is 49.9 Å². The highest BCUT2D eigenvalue weighted by molar-refractivity contribution is 7.89. The number of aryl methyl sites for hydroxylation is 3. The molecule has 0 bridgehead atoms. The smallest absolute Gasteiger partial charge is 0.276 e. The number of rotatable bonds is 12. The summed E-state index contributed by atoms with van der Waals surface area (Å²) in [4.78, 5) is 9.10. The average molecular weight is 517 g/mol. The third-order valence-corrected chi connectivity index (χ3v) is 7.19. The summed E-state index contributed by atoms with van der Waals surface area (Å²) in [5.74, 6) is 1.97. The molecule has 1 atom stereocenters. The van der Waals surface area contributed by atoms with E-state index >= 15 is 0 Å². The highest BCUT2D eigenvalue weighted by Gasteiger charge is 2.18. The number of benzene rings is 1. The van der Waals surface area contributed by atoms with Gasteiger partial charge in [0.15, 0.2) is 0 Å². The van der Waals surface area contributed by atoms with Gasteiger partial charge in [-0.15, -0.1) is 0 Å². The van der Waals surface area contributed by atoms with E-state index in [2.05, 4.69) is 40.6 Å². The molecule has 3 aromatic rings. The van der Waals surface area contributed by atoms with E-state index in [1.54, 1.807) is 0 Å². The molecule has 0 saturated heterocycles. The van der Waals surface area contributed by atoms with Crippen LogP contribution in [0.5, 0.6) is 5.75 Å². The van der Waals surface area contributed by atoms with Gasteiger partial charge in [0.1, 0.15) is 24.2 Å². The van der Waals surface area contributed by atoms with Crippen molar-refractivity contribution in [2.24, 2.45) is 5.92 Å². The normalized spacial score (nSPS) is 12.8. The van der Waals surface area contributed by atoms with E-state index in [-0.39, 0.29) is 18.9 Å². The molecule has 0 radical (unpaired) electrons. The van der Waals surface area contributed by atoms with Crippen molar-refractivity contribution in [2.75, 3.05) is 18.9 Å². The largest absolute Gasteiger partial charge is 0.490 e. The van der Waals surface area contributed by atoms with Crippen molar-refractivity contribution in [3.8, 4) is 28.7 Å². The lowest BCUT2D eigenvalue weighted by molar-refractivity contribution is 0.110. The van der Waals surface area contributed by atoms with Gasteiger partial charge in [-0.3, -0.25) is 4.98 Å². The van der Waals surface area contributed by atoms with Gasteiger partial charge in [-0.05, 0) is 80.0 Å². The summed E-state index contributed by atoms with van der Waals surface area (Å²) in [5.41, 5.74) is 5.55. The van der Waals surface area contributed by atoms with Crippen molar-refractivity contribution in [3.05, 3.63) is 46.6 Å². The van der Waals surface area contributed by atoms with Crippen LogP contribution in [0.3, 0.4) is 0 Å². The number of aliphatic hydroxyl groups excluding tert-OH is 1. The zero-order valence-corrected chi connectivity index (χ0v) is 22.6. The average Bonchev–Trinajstić information content (AvgIpc) is 3.33. The van der Waals surface area contributed by atoms with E-state index in [0.29, 0.717) is 35.5 Å². The number of nitrogens with one attached hydrogen (secondary N) is 1. The minimum absolute atomic E-state index is 0.0381. The zero-order valence-electron chi connectivity index (χ0n) is 21.8. The Kier molecular flexibility index (Phi) is 9.21. The molecule has 0 amide bonds. The van der Waals surface area contributed by atoms with E-state index < -0.39 is 16.1 Å². The third kappa shape index (κ3) is 7.11. The van der Waals surface area contributed by atoms with Gasteiger partial charge < -0.3 is 14.4 Å². The number of aromatic nitrogens is 3. The summed E-state index contributed by atoms with van der Waals surface area (Å²) in [6.45, 7) is 11.7. The first-order chi connectivity index (χ1) is 17.0. The summed E-state index contributed by atoms with van der Waals surface area (Å²) >= 11 is 0. The summed E-state index contributed by atoms with van der Waals surface area (Å²) in [6.07, 6.45) is 2.55. The zero-order chi connectivity index (χ0) is 26.5. The second-order valence-corrected chi connectivity index (χ2v) is 11.5. The standard InChI is InChI=1S/C26H36N4O5S/c1-7-19-12-20(10-18(6)24(19)34-15-22(31)14-28-36(32,33)8-2)25-29-26(35-30-25)23-11-17(5)21(13-27-23)9-16(3)4/h10-13,16,22,28,31H,7-9,14-15H2,1-6H3/t22-/m0/s1. The van der Waals surface area contributed by atoms with Crippen LogP contribution in [0.2, 0.25) is 0 Å². The minimum atomic E-state index is -3.38. The quantitative estimate of drug-likeness (QED) is 0.372. The number of sulfonamides is 1. The first-order valence-corrected chi connectivity index (χ1v) is 13.9. The summed E-state index contributed by atoms with van der Waals surface area (Å²) in [6, 6.07) is 5.81. The van der Waals surface area contributed by atoms with Gasteiger partial charge in [-0.1, -0.05) is 25.9 Å². The van der Waals surface area contributed by atoms with Crippen molar-refractivity contribution < 1.29 is 22.8 Å². The van der Waals surface area contributed by atoms with Crippen LogP contribution < -0.4 is 9.46 Å². The van der Waals surface area contributed by atoms with Crippen molar-refractivity contribution in [3.63, 3.8) is 0 Å². The molecule has 196 valence electrons. The first kappa shape index (κ1) is 27.8. The summed E-state index contributed by atoms with van der Waals surface area (Å²) in [7, 11) is -3.38. The molecule has 0 unspecified atom stereocenters. The van der Waals surface area contributed by atoms with Gasteiger partial charge in [-0.25, -0.2) is 13.1 Å². The molecule has 2 heterocycles. The Labute approximate surface area is 213 Å². The number of ether oxygens (including phenoxy) is 1. The Hall–Kier alpha value is -2.82. The molecule has 0 aliphatic carbocycles. The molecule has 9 nitrogen and oxygen atoms in total. The SMILES string of the molecule is CCc1cc(-c2noc(-c3cc(C)c(CC(C)C)cn3)n2)cc(C)c1OC[C@@H](O)CNS(=O)(=O)CC. The molecule has 2 aromatic heterocycles. The Morgan fingerprint density at radius 2 is 1.86 bits per heavy atom. The van der Waals surface area contributed by atoms with Crippen LogP contribution >= 0.6 is 0 Å². The van der Waals surface area contributed by atoms with E-state index in [1.807, 2.05) is 38.2 Å². The lowest BCUT2D eigenvalue weighted by Gasteiger charge is -2.17. The van der Waals surface area contributed by atoms with E-state index in [1.165, 1.54) is 12.5 Å². The Morgan fingerprint density at radius 1 is 1.11 bits per heavy atom. The van der Waals surface area contributed by atoms with Crippen molar-refractivity contribution >= 4 is 10.0 Å². The van der Waals surface area contributed by atoms with Crippen LogP contribution in [0.4, 0.5) is 0 Å². The van der Waals surface area contributed by atoms with Crippen LogP contribution in [0, 0.1) is 19.8 Å². The van der Waals surface area contributed by atoms with Gasteiger partial charge >= 0.3 is 0 Å². The molecule has 10 heteroatoms. The lowest BCUT2D eigenvalue weighted by Crippen LogP contribution is -2.36. The maximum Gasteiger partial charge on any atom is 0.276 e. The fraction of sp³-hybridized carbons (Fsp3) is 0.500. The highest BCUT2D eigenvalue weighted by Crippen LogP contribution is 2.31. The van der Waals surface area contributed by atoms with Crippen molar-refractivity contribution in [1.82, 2.24) is 19.8 Å². The van der Waals surface area contributed by atoms with Crippen LogP contribution in [0.25, 0.3) is 23.0 Å². The molecular weight excluding hydrogens is 480 g/mol. The van der Waals surface area contributed by atoms with Gasteiger partial charge in [0.25, 0.3) is 5.89 Å². The van der Waals surface area contributed by atoms with Gasteiger partial charge in [-0.2, -0.15) is 4.98 Å². The predicted octanol–water partition coefficient (Wildman–Crippen LogP) is 3.86. The predicted molar refractivity (Wildman–Crippen MR) is 139 cm³/mol. The van der Waals surface area contributed by atoms with Gasteiger partial charge in [0.2, 0.25) is 15.8 Å². The summed E-state index contributed by atoms with van der Waals surface area (Å²) < 4.78 is 36.9. The molecule has 0 saturated carbocycles. The molecule has 0 aliphatic heterocycles. The number of pyridine rings is 1. The Morgan fingerprint density at radius 3 is 2.50 bits per heavy atom. The number of hydrogen-bond acceptors (Lipinski definition) is 8. The molecule has 36 heavy (non-hydrogen) atoms. The van der Waals surface area contributed by atoms with Crippen LogP contribution in [-0.2, 0) is 22.9 Å². The lowest BCUT2D eigenvalue weighted by atomic mass is 10.0. The number of aliphatic hydroxyl groups is 1. The van der Waals surface area contributed by atoms with Gasteiger partial charge in [0.05, 0.1) is 5.75 Å². The van der Waals surface area contributed by atoms with E-state index in [0.717, 1.165) is 28.7 Å². The summed E-state index contributed by atoms with van der Waals surface area (Å²) in [5, 5.41) is 14.3. The van der Waals surface area contributed by atoms with Crippen LogP contribution in [0.15, 0.2) is 28.9 Å². The fourth-order valence-corrected chi connectivity index (χ4v) is 4.46. The number of nitrogens with zero attached hydrogens (tertiary/aromatic N) is 3. The molecule has 3 rings (SSSR count). The molecule has 0 fully saturated rings. The minimum Gasteiger partial charge on any atom is -0.490 e. The molecular formula is C26H36N4O5S. The maximum atomic E-state index is 11.6. The molecule has 0 aliphatic rings. The second kappa shape index (κ2) is 11.9. The molecule has 0 spiro atoms. The molecule has 1 aromatic carbocycles.